The van der Waals surface area contributed by atoms with Crippen molar-refractivity contribution in [2.75, 3.05) is 26.2 Å². The number of esters is 2. The van der Waals surface area contributed by atoms with Gasteiger partial charge in [-0.05, 0) is 23.8 Å². The van der Waals surface area contributed by atoms with E-state index in [4.69, 9.17) is 31.5 Å². The maximum atomic E-state index is 13.0. The second-order valence-corrected chi connectivity index (χ2v) is 7.06. The van der Waals surface area contributed by atoms with Crippen LogP contribution in [-0.2, 0) is 19.1 Å². The van der Waals surface area contributed by atoms with Crippen LogP contribution >= 0.6 is 11.6 Å². The van der Waals surface area contributed by atoms with Gasteiger partial charge in [-0.25, -0.2) is 9.59 Å². The van der Waals surface area contributed by atoms with Crippen LogP contribution in [0.25, 0.3) is 0 Å². The Morgan fingerprint density at radius 1 is 1.06 bits per heavy atom. The highest BCUT2D eigenvalue weighted by atomic mass is 35.5. The van der Waals surface area contributed by atoms with Gasteiger partial charge in [-0.15, -0.1) is 0 Å². The van der Waals surface area contributed by atoms with Crippen LogP contribution in [0.15, 0.2) is 71.2 Å². The lowest BCUT2D eigenvalue weighted by Crippen LogP contribution is -2.40. The largest absolute Gasteiger partial charge is 0.495 e. The van der Waals surface area contributed by atoms with E-state index in [1.807, 2.05) is 0 Å². The first-order valence-electron chi connectivity index (χ1n) is 9.38. The predicted molar refractivity (Wildman–Crippen MR) is 118 cm³/mol. The minimum Gasteiger partial charge on any atom is -0.495 e. The summed E-state index contributed by atoms with van der Waals surface area (Å²) in [4.78, 5) is 27.2. The Kier molecular flexibility index (Phi) is 6.71. The van der Waals surface area contributed by atoms with Gasteiger partial charge in [-0.2, -0.15) is 5.26 Å². The standard InChI is InChI=1S/C23H20ClN3O5/c1-30-17-10-9-14(11-16(17)24)27-20(23(29)32-3)19(22(28)31-2)18(15(12-25)21(27)26)13-7-5-4-6-8-13/h4-11,18H,26H2,1-3H3. The Hall–Kier alpha value is -3.96. The number of nitriles is 1. The zero-order valence-corrected chi connectivity index (χ0v) is 18.3. The summed E-state index contributed by atoms with van der Waals surface area (Å²) in [6, 6.07) is 15.5. The molecule has 0 bridgehead atoms. The van der Waals surface area contributed by atoms with Gasteiger partial charge in [0.05, 0.1) is 49.5 Å². The van der Waals surface area contributed by atoms with E-state index in [1.165, 1.54) is 32.3 Å². The normalized spacial score (nSPS) is 15.8. The highest BCUT2D eigenvalue weighted by molar-refractivity contribution is 6.32. The van der Waals surface area contributed by atoms with E-state index in [0.29, 0.717) is 17.0 Å². The minimum atomic E-state index is -0.937. The fourth-order valence-corrected chi connectivity index (χ4v) is 3.83. The molecule has 9 heteroatoms. The average molecular weight is 454 g/mol. The summed E-state index contributed by atoms with van der Waals surface area (Å²) in [5.41, 5.74) is 7.14. The summed E-state index contributed by atoms with van der Waals surface area (Å²) in [5.74, 6) is -2.22. The molecule has 1 aliphatic heterocycles. The van der Waals surface area contributed by atoms with Gasteiger partial charge >= 0.3 is 11.9 Å². The summed E-state index contributed by atoms with van der Waals surface area (Å²) in [5, 5.41) is 10.2. The van der Waals surface area contributed by atoms with Crippen LogP contribution in [0, 0.1) is 11.3 Å². The number of carbonyl (C=O) groups is 2. The Morgan fingerprint density at radius 2 is 1.72 bits per heavy atom. The van der Waals surface area contributed by atoms with Gasteiger partial charge in [0.25, 0.3) is 0 Å². The van der Waals surface area contributed by atoms with Crippen LogP contribution in [0.4, 0.5) is 5.69 Å². The van der Waals surface area contributed by atoms with Gasteiger partial charge in [0, 0.05) is 5.69 Å². The van der Waals surface area contributed by atoms with Gasteiger partial charge in [0.2, 0.25) is 0 Å². The third-order valence-corrected chi connectivity index (χ3v) is 5.30. The summed E-state index contributed by atoms with van der Waals surface area (Å²) < 4.78 is 15.1. The topological polar surface area (TPSA) is 115 Å². The van der Waals surface area contributed by atoms with Gasteiger partial charge in [-0.1, -0.05) is 41.9 Å². The Labute approximate surface area is 190 Å². The van der Waals surface area contributed by atoms with Crippen LogP contribution in [0.2, 0.25) is 5.02 Å². The van der Waals surface area contributed by atoms with Crippen molar-refractivity contribution in [2.24, 2.45) is 5.73 Å². The monoisotopic (exact) mass is 453 g/mol. The molecule has 0 saturated heterocycles. The smallest absolute Gasteiger partial charge is 0.355 e. The highest BCUT2D eigenvalue weighted by Crippen LogP contribution is 2.44. The van der Waals surface area contributed by atoms with Crippen molar-refractivity contribution < 1.29 is 23.8 Å². The van der Waals surface area contributed by atoms with Crippen molar-refractivity contribution in [3.05, 3.63) is 81.8 Å². The molecule has 8 nitrogen and oxygen atoms in total. The summed E-state index contributed by atoms with van der Waals surface area (Å²) in [6.45, 7) is 0. The van der Waals surface area contributed by atoms with E-state index in [1.54, 1.807) is 42.5 Å². The van der Waals surface area contributed by atoms with E-state index in [-0.39, 0.29) is 27.7 Å². The maximum Gasteiger partial charge on any atom is 0.355 e. The van der Waals surface area contributed by atoms with E-state index in [2.05, 4.69) is 6.07 Å². The number of allylic oxidation sites excluding steroid dienone is 1. The molecule has 32 heavy (non-hydrogen) atoms. The van der Waals surface area contributed by atoms with Crippen molar-refractivity contribution in [2.45, 2.75) is 5.92 Å². The van der Waals surface area contributed by atoms with Crippen LogP contribution < -0.4 is 15.4 Å². The number of hydrogen-bond donors (Lipinski definition) is 1. The molecular weight excluding hydrogens is 434 g/mol. The summed E-state index contributed by atoms with van der Waals surface area (Å²) in [7, 11) is 3.83. The van der Waals surface area contributed by atoms with E-state index >= 15 is 0 Å². The molecule has 164 valence electrons. The Bertz CT molecular complexity index is 1170. The number of methoxy groups -OCH3 is 3. The molecule has 0 radical (unpaired) electrons. The highest BCUT2D eigenvalue weighted by Gasteiger charge is 2.43. The van der Waals surface area contributed by atoms with Gasteiger partial charge in [0.15, 0.2) is 0 Å². The van der Waals surface area contributed by atoms with Crippen LogP contribution in [0.5, 0.6) is 5.75 Å². The number of carbonyl (C=O) groups excluding carboxylic acids is 2. The fourth-order valence-electron chi connectivity index (χ4n) is 3.58. The van der Waals surface area contributed by atoms with Gasteiger partial charge < -0.3 is 19.9 Å². The lowest BCUT2D eigenvalue weighted by molar-refractivity contribution is -0.139. The molecule has 0 saturated carbocycles. The number of nitrogens with zero attached hydrogens (tertiary/aromatic N) is 2. The van der Waals surface area contributed by atoms with Crippen LogP contribution in [-0.4, -0.2) is 33.3 Å². The fraction of sp³-hybridized carbons (Fsp3) is 0.174. The van der Waals surface area contributed by atoms with E-state index in [9.17, 15) is 14.9 Å². The number of nitrogens with two attached hydrogens (primary N) is 1. The number of hydrogen-bond acceptors (Lipinski definition) is 8. The quantitative estimate of drug-likeness (QED) is 0.686. The summed E-state index contributed by atoms with van der Waals surface area (Å²) >= 11 is 6.28. The number of benzene rings is 2. The first-order valence-corrected chi connectivity index (χ1v) is 9.76. The minimum absolute atomic E-state index is 0.0457. The third kappa shape index (κ3) is 3.86. The molecule has 1 unspecified atom stereocenters. The second-order valence-electron chi connectivity index (χ2n) is 6.65. The lowest BCUT2D eigenvalue weighted by atomic mass is 9.81. The molecule has 3 rings (SSSR count). The molecule has 0 aromatic heterocycles. The lowest BCUT2D eigenvalue weighted by Gasteiger charge is -2.36. The van der Waals surface area contributed by atoms with Crippen molar-refractivity contribution in [3.8, 4) is 11.8 Å². The maximum absolute atomic E-state index is 13.0. The molecule has 0 aliphatic carbocycles. The third-order valence-electron chi connectivity index (χ3n) is 5.00. The van der Waals surface area contributed by atoms with Crippen LogP contribution in [0.3, 0.4) is 0 Å². The molecule has 1 aliphatic rings. The number of ether oxygens (including phenoxy) is 3. The van der Waals surface area contributed by atoms with Crippen LogP contribution in [0.1, 0.15) is 11.5 Å². The molecule has 1 atom stereocenters. The molecule has 0 spiro atoms. The Morgan fingerprint density at radius 3 is 2.25 bits per heavy atom. The molecule has 0 fully saturated rings. The molecule has 2 aromatic carbocycles. The summed E-state index contributed by atoms with van der Waals surface area (Å²) in [6.07, 6.45) is 0. The van der Waals surface area contributed by atoms with Crippen molar-refractivity contribution >= 4 is 29.2 Å². The first kappa shape index (κ1) is 22.7. The second kappa shape index (κ2) is 9.45. The number of anilines is 1. The van der Waals surface area contributed by atoms with E-state index in [0.717, 1.165) is 0 Å². The number of rotatable bonds is 5. The van der Waals surface area contributed by atoms with Crippen molar-refractivity contribution in [1.82, 2.24) is 0 Å². The SMILES string of the molecule is COC(=O)C1=C(C(=O)OC)N(c2ccc(OC)c(Cl)c2)C(N)=C(C#N)C1c1ccccc1. The molecule has 2 aromatic rings. The zero-order chi connectivity index (χ0) is 23.4. The number of halogens is 1. The van der Waals surface area contributed by atoms with Crippen molar-refractivity contribution in [1.29, 1.82) is 5.26 Å². The average Bonchev–Trinajstić information content (AvgIpc) is 2.82. The first-order chi connectivity index (χ1) is 15.4. The zero-order valence-electron chi connectivity index (χ0n) is 17.6. The van der Waals surface area contributed by atoms with E-state index < -0.39 is 17.9 Å². The Balaban J connectivity index is 2.39. The molecule has 2 N–H and O–H groups in total. The predicted octanol–water partition coefficient (Wildman–Crippen LogP) is 3.25. The molecule has 1 heterocycles. The van der Waals surface area contributed by atoms with Crippen molar-refractivity contribution in [3.63, 3.8) is 0 Å². The van der Waals surface area contributed by atoms with Gasteiger partial charge in [0.1, 0.15) is 17.3 Å². The molecule has 0 amide bonds. The molecular formula is C23H20ClN3O5. The van der Waals surface area contributed by atoms with Gasteiger partial charge in [-0.3, -0.25) is 4.90 Å².